The lowest BCUT2D eigenvalue weighted by Crippen LogP contribution is -2.09. The van der Waals surface area contributed by atoms with Crippen LogP contribution in [0, 0.1) is 0 Å². The Morgan fingerprint density at radius 2 is 2.21 bits per heavy atom. The summed E-state index contributed by atoms with van der Waals surface area (Å²) in [6.45, 7) is 1.68. The summed E-state index contributed by atoms with van der Waals surface area (Å²) in [7, 11) is 0. The Morgan fingerprint density at radius 1 is 1.50 bits per heavy atom. The highest BCUT2D eigenvalue weighted by molar-refractivity contribution is 6.31. The van der Waals surface area contributed by atoms with Crippen LogP contribution in [0.5, 0.6) is 0 Å². The second kappa shape index (κ2) is 4.98. The van der Waals surface area contributed by atoms with Gasteiger partial charge < -0.3 is 10.4 Å². The van der Waals surface area contributed by atoms with E-state index in [2.05, 4.69) is 5.32 Å². The van der Waals surface area contributed by atoms with Crippen LogP contribution in [0.1, 0.15) is 18.9 Å². The maximum atomic E-state index is 11.1. The third-order valence-electron chi connectivity index (χ3n) is 1.75. The summed E-state index contributed by atoms with van der Waals surface area (Å²) in [5.74, 6) is -0.0730. The van der Waals surface area contributed by atoms with Crippen molar-refractivity contribution in [2.24, 2.45) is 0 Å². The molecule has 76 valence electrons. The van der Waals surface area contributed by atoms with Gasteiger partial charge in [0.05, 0.1) is 6.61 Å². The molecule has 3 nitrogen and oxygen atoms in total. The normalized spacial score (nSPS) is 9.93. The minimum atomic E-state index is -0.0877. The molecule has 1 aromatic rings. The highest BCUT2D eigenvalue weighted by atomic mass is 35.5. The molecule has 0 aliphatic carbocycles. The molecule has 0 atom stereocenters. The lowest BCUT2D eigenvalue weighted by Gasteiger charge is -2.06. The number of aliphatic hydroxyl groups excluding tert-OH is 1. The summed E-state index contributed by atoms with van der Waals surface area (Å²) >= 11 is 5.79. The number of carbonyl (C=O) groups is 1. The van der Waals surface area contributed by atoms with Gasteiger partial charge in [0.15, 0.2) is 0 Å². The first-order valence-corrected chi connectivity index (χ1v) is 4.73. The number of hydrogen-bond donors (Lipinski definition) is 2. The topological polar surface area (TPSA) is 49.3 Å². The SMILES string of the molecule is CCC(=O)Nc1cc(Cl)cc(CO)c1. The van der Waals surface area contributed by atoms with Gasteiger partial charge in [-0.05, 0) is 23.8 Å². The zero-order chi connectivity index (χ0) is 10.6. The average Bonchev–Trinajstić information content (AvgIpc) is 2.16. The van der Waals surface area contributed by atoms with E-state index in [0.29, 0.717) is 22.7 Å². The fourth-order valence-electron chi connectivity index (χ4n) is 1.06. The number of anilines is 1. The van der Waals surface area contributed by atoms with Crippen molar-refractivity contribution in [3.63, 3.8) is 0 Å². The summed E-state index contributed by atoms with van der Waals surface area (Å²) in [6, 6.07) is 5.00. The van der Waals surface area contributed by atoms with Crippen LogP contribution >= 0.6 is 11.6 Å². The van der Waals surface area contributed by atoms with Crippen LogP contribution in [0.3, 0.4) is 0 Å². The number of benzene rings is 1. The lowest BCUT2D eigenvalue weighted by atomic mass is 10.2. The van der Waals surface area contributed by atoms with Crippen molar-refractivity contribution in [3.05, 3.63) is 28.8 Å². The van der Waals surface area contributed by atoms with E-state index in [4.69, 9.17) is 16.7 Å². The summed E-state index contributed by atoms with van der Waals surface area (Å²) in [4.78, 5) is 11.1. The third-order valence-corrected chi connectivity index (χ3v) is 1.96. The van der Waals surface area contributed by atoms with E-state index < -0.39 is 0 Å². The number of halogens is 1. The van der Waals surface area contributed by atoms with Gasteiger partial charge in [-0.3, -0.25) is 4.79 Å². The van der Waals surface area contributed by atoms with Gasteiger partial charge in [0.2, 0.25) is 5.91 Å². The monoisotopic (exact) mass is 213 g/mol. The Kier molecular flexibility index (Phi) is 3.92. The first-order chi connectivity index (χ1) is 6.65. The minimum Gasteiger partial charge on any atom is -0.392 e. The Balaban J connectivity index is 2.86. The molecule has 2 N–H and O–H groups in total. The quantitative estimate of drug-likeness (QED) is 0.809. The number of rotatable bonds is 3. The zero-order valence-electron chi connectivity index (χ0n) is 7.88. The molecule has 14 heavy (non-hydrogen) atoms. The van der Waals surface area contributed by atoms with E-state index in [-0.39, 0.29) is 12.5 Å². The minimum absolute atomic E-state index is 0.0730. The van der Waals surface area contributed by atoms with Crippen LogP contribution in [0.2, 0.25) is 5.02 Å². The summed E-state index contributed by atoms with van der Waals surface area (Å²) in [5, 5.41) is 12.1. The summed E-state index contributed by atoms with van der Waals surface area (Å²) < 4.78 is 0. The first kappa shape index (κ1) is 11.0. The average molecular weight is 214 g/mol. The lowest BCUT2D eigenvalue weighted by molar-refractivity contribution is -0.115. The zero-order valence-corrected chi connectivity index (χ0v) is 8.64. The van der Waals surface area contributed by atoms with Gasteiger partial charge in [-0.1, -0.05) is 18.5 Å². The maximum Gasteiger partial charge on any atom is 0.224 e. The Morgan fingerprint density at radius 3 is 2.79 bits per heavy atom. The fourth-order valence-corrected chi connectivity index (χ4v) is 1.32. The number of amides is 1. The van der Waals surface area contributed by atoms with E-state index in [1.807, 2.05) is 0 Å². The van der Waals surface area contributed by atoms with Gasteiger partial charge in [-0.2, -0.15) is 0 Å². The number of aliphatic hydroxyl groups is 1. The molecule has 0 radical (unpaired) electrons. The van der Waals surface area contributed by atoms with Gasteiger partial charge in [-0.15, -0.1) is 0 Å². The molecule has 0 saturated heterocycles. The molecule has 0 heterocycles. The number of carbonyl (C=O) groups excluding carboxylic acids is 1. The van der Waals surface area contributed by atoms with E-state index in [9.17, 15) is 4.79 Å². The van der Waals surface area contributed by atoms with Crippen molar-refractivity contribution in [3.8, 4) is 0 Å². The molecule has 0 unspecified atom stereocenters. The standard InChI is InChI=1S/C10H12ClNO2/c1-2-10(14)12-9-4-7(6-13)3-8(11)5-9/h3-5,13H,2,6H2,1H3,(H,12,14). The molecular formula is C10H12ClNO2. The molecule has 0 spiro atoms. The Bertz CT molecular complexity index is 339. The van der Waals surface area contributed by atoms with Gasteiger partial charge in [-0.25, -0.2) is 0 Å². The highest BCUT2D eigenvalue weighted by Gasteiger charge is 2.02. The largest absolute Gasteiger partial charge is 0.392 e. The predicted molar refractivity (Wildman–Crippen MR) is 56.3 cm³/mol. The smallest absolute Gasteiger partial charge is 0.224 e. The molecular weight excluding hydrogens is 202 g/mol. The molecule has 0 saturated carbocycles. The van der Waals surface area contributed by atoms with Crippen LogP contribution in [0.15, 0.2) is 18.2 Å². The van der Waals surface area contributed by atoms with Crippen LogP contribution < -0.4 is 5.32 Å². The second-order valence-electron chi connectivity index (χ2n) is 2.91. The molecule has 0 bridgehead atoms. The molecule has 0 fully saturated rings. The van der Waals surface area contributed by atoms with Crippen molar-refractivity contribution < 1.29 is 9.90 Å². The number of nitrogens with one attached hydrogen (secondary N) is 1. The molecule has 0 aliphatic rings. The number of hydrogen-bond acceptors (Lipinski definition) is 2. The van der Waals surface area contributed by atoms with E-state index >= 15 is 0 Å². The first-order valence-electron chi connectivity index (χ1n) is 4.36. The van der Waals surface area contributed by atoms with Crippen LogP contribution in [0.25, 0.3) is 0 Å². The Hall–Kier alpha value is -1.06. The van der Waals surface area contributed by atoms with Crippen LogP contribution in [0.4, 0.5) is 5.69 Å². The van der Waals surface area contributed by atoms with E-state index in [0.717, 1.165) is 0 Å². The molecule has 1 aromatic carbocycles. The summed E-state index contributed by atoms with van der Waals surface area (Å²) in [5.41, 5.74) is 1.30. The highest BCUT2D eigenvalue weighted by Crippen LogP contribution is 2.19. The van der Waals surface area contributed by atoms with E-state index in [1.165, 1.54) is 0 Å². The molecule has 0 aliphatic heterocycles. The van der Waals surface area contributed by atoms with Crippen LogP contribution in [-0.2, 0) is 11.4 Å². The molecule has 0 aromatic heterocycles. The third kappa shape index (κ3) is 3.01. The molecule has 1 rings (SSSR count). The van der Waals surface area contributed by atoms with Gasteiger partial charge in [0.1, 0.15) is 0 Å². The van der Waals surface area contributed by atoms with Gasteiger partial charge >= 0.3 is 0 Å². The second-order valence-corrected chi connectivity index (χ2v) is 3.34. The van der Waals surface area contributed by atoms with Crippen molar-refractivity contribution in [1.82, 2.24) is 0 Å². The van der Waals surface area contributed by atoms with Gasteiger partial charge in [0.25, 0.3) is 0 Å². The summed E-state index contributed by atoms with van der Waals surface area (Å²) in [6.07, 6.45) is 0.418. The van der Waals surface area contributed by atoms with Crippen molar-refractivity contribution in [2.75, 3.05) is 5.32 Å². The van der Waals surface area contributed by atoms with Crippen molar-refractivity contribution in [2.45, 2.75) is 20.0 Å². The predicted octanol–water partition coefficient (Wildman–Crippen LogP) is 2.18. The molecule has 1 amide bonds. The maximum absolute atomic E-state index is 11.1. The van der Waals surface area contributed by atoms with Crippen molar-refractivity contribution >= 4 is 23.2 Å². The van der Waals surface area contributed by atoms with Crippen molar-refractivity contribution in [1.29, 1.82) is 0 Å². The molecule has 4 heteroatoms. The van der Waals surface area contributed by atoms with Gasteiger partial charge in [0, 0.05) is 17.1 Å². The van der Waals surface area contributed by atoms with Crippen LogP contribution in [-0.4, -0.2) is 11.0 Å². The van der Waals surface area contributed by atoms with E-state index in [1.54, 1.807) is 25.1 Å². The Labute approximate surface area is 87.7 Å². The fraction of sp³-hybridized carbons (Fsp3) is 0.300.